The van der Waals surface area contributed by atoms with Crippen LogP contribution in [0.1, 0.15) is 19.0 Å². The standard InChI is InChI=1S/C13H25N5O/c1-3-18-13(12(14)11(2)15-18)17-6-4-5-16(7-8-17)9-10-19/h19H,3-10,14H2,1-2H3. The van der Waals surface area contributed by atoms with Crippen LogP contribution >= 0.6 is 0 Å². The van der Waals surface area contributed by atoms with Crippen molar-refractivity contribution in [1.82, 2.24) is 14.7 Å². The van der Waals surface area contributed by atoms with Gasteiger partial charge < -0.3 is 15.7 Å². The third kappa shape index (κ3) is 3.01. The molecule has 0 bridgehead atoms. The van der Waals surface area contributed by atoms with Gasteiger partial charge in [-0.25, -0.2) is 4.68 Å². The van der Waals surface area contributed by atoms with Gasteiger partial charge in [-0.15, -0.1) is 0 Å². The minimum atomic E-state index is 0.230. The molecule has 6 nitrogen and oxygen atoms in total. The molecule has 6 heteroatoms. The van der Waals surface area contributed by atoms with Gasteiger partial charge in [-0.05, 0) is 26.8 Å². The Balaban J connectivity index is 2.14. The Morgan fingerprint density at radius 3 is 2.74 bits per heavy atom. The molecule has 2 rings (SSSR count). The molecule has 0 aliphatic carbocycles. The molecule has 1 aliphatic rings. The van der Waals surface area contributed by atoms with E-state index in [-0.39, 0.29) is 6.61 Å². The monoisotopic (exact) mass is 267 g/mol. The first-order chi connectivity index (χ1) is 9.17. The number of aromatic nitrogens is 2. The van der Waals surface area contributed by atoms with Crippen LogP contribution in [0.25, 0.3) is 0 Å². The molecule has 0 aromatic carbocycles. The van der Waals surface area contributed by atoms with Crippen molar-refractivity contribution in [3.05, 3.63) is 5.69 Å². The van der Waals surface area contributed by atoms with Crippen LogP contribution in [0.5, 0.6) is 0 Å². The van der Waals surface area contributed by atoms with Crippen molar-refractivity contribution in [2.24, 2.45) is 0 Å². The molecule has 2 heterocycles. The van der Waals surface area contributed by atoms with E-state index < -0.39 is 0 Å². The van der Waals surface area contributed by atoms with Crippen LogP contribution in [-0.2, 0) is 6.54 Å². The van der Waals surface area contributed by atoms with E-state index in [1.165, 1.54) is 0 Å². The van der Waals surface area contributed by atoms with Crippen molar-refractivity contribution in [2.75, 3.05) is 50.0 Å². The van der Waals surface area contributed by atoms with E-state index in [1.807, 2.05) is 11.6 Å². The number of nitrogens with two attached hydrogens (primary N) is 1. The van der Waals surface area contributed by atoms with Gasteiger partial charge in [0.1, 0.15) is 0 Å². The molecule has 0 spiro atoms. The fraction of sp³-hybridized carbons (Fsp3) is 0.769. The van der Waals surface area contributed by atoms with Crippen molar-refractivity contribution < 1.29 is 5.11 Å². The van der Waals surface area contributed by atoms with Gasteiger partial charge in [0.05, 0.1) is 18.0 Å². The summed E-state index contributed by atoms with van der Waals surface area (Å²) < 4.78 is 1.99. The fourth-order valence-corrected chi connectivity index (χ4v) is 2.68. The van der Waals surface area contributed by atoms with Gasteiger partial charge in [-0.1, -0.05) is 0 Å². The normalized spacial score (nSPS) is 17.7. The molecule has 0 unspecified atom stereocenters. The zero-order valence-corrected chi connectivity index (χ0v) is 12.0. The molecule has 0 radical (unpaired) electrons. The number of nitrogen functional groups attached to an aromatic ring is 1. The predicted molar refractivity (Wildman–Crippen MR) is 77.4 cm³/mol. The summed E-state index contributed by atoms with van der Waals surface area (Å²) in [6, 6.07) is 0. The van der Waals surface area contributed by atoms with Crippen LogP contribution in [0.15, 0.2) is 0 Å². The van der Waals surface area contributed by atoms with E-state index in [4.69, 9.17) is 10.8 Å². The summed E-state index contributed by atoms with van der Waals surface area (Å²) in [7, 11) is 0. The maximum atomic E-state index is 9.03. The topological polar surface area (TPSA) is 70.6 Å². The van der Waals surface area contributed by atoms with E-state index in [2.05, 4.69) is 21.8 Å². The number of aliphatic hydroxyl groups is 1. The second-order valence-corrected chi connectivity index (χ2v) is 5.04. The van der Waals surface area contributed by atoms with E-state index in [0.29, 0.717) is 0 Å². The Hall–Kier alpha value is -1.27. The van der Waals surface area contributed by atoms with Crippen LogP contribution in [0.4, 0.5) is 11.5 Å². The number of aryl methyl sites for hydroxylation is 2. The van der Waals surface area contributed by atoms with E-state index in [1.54, 1.807) is 0 Å². The lowest BCUT2D eigenvalue weighted by Crippen LogP contribution is -2.33. The zero-order chi connectivity index (χ0) is 13.8. The Bertz CT molecular complexity index is 417. The summed E-state index contributed by atoms with van der Waals surface area (Å²) in [6.07, 6.45) is 1.09. The Morgan fingerprint density at radius 1 is 1.26 bits per heavy atom. The number of nitrogens with zero attached hydrogens (tertiary/aromatic N) is 4. The quantitative estimate of drug-likeness (QED) is 0.821. The first kappa shape index (κ1) is 14.1. The number of anilines is 2. The summed E-state index contributed by atoms with van der Waals surface area (Å²) in [6.45, 7) is 9.82. The number of aliphatic hydroxyl groups excluding tert-OH is 1. The summed E-state index contributed by atoms with van der Waals surface area (Å²) in [5.74, 6) is 1.06. The van der Waals surface area contributed by atoms with Crippen LogP contribution in [0.3, 0.4) is 0 Å². The van der Waals surface area contributed by atoms with Crippen LogP contribution in [0, 0.1) is 6.92 Å². The van der Waals surface area contributed by atoms with Crippen molar-refractivity contribution in [2.45, 2.75) is 26.8 Å². The number of hydrogen-bond donors (Lipinski definition) is 2. The van der Waals surface area contributed by atoms with Crippen molar-refractivity contribution in [3.8, 4) is 0 Å². The Labute approximate surface area is 114 Å². The highest BCUT2D eigenvalue weighted by atomic mass is 16.3. The predicted octanol–water partition coefficient (Wildman–Crippen LogP) is 0.298. The lowest BCUT2D eigenvalue weighted by atomic mass is 10.3. The summed E-state index contributed by atoms with van der Waals surface area (Å²) in [5, 5.41) is 13.5. The lowest BCUT2D eigenvalue weighted by Gasteiger charge is -2.24. The second kappa shape index (κ2) is 6.25. The van der Waals surface area contributed by atoms with Gasteiger partial charge >= 0.3 is 0 Å². The van der Waals surface area contributed by atoms with Gasteiger partial charge in [-0.2, -0.15) is 5.10 Å². The average molecular weight is 267 g/mol. The van der Waals surface area contributed by atoms with E-state index in [9.17, 15) is 0 Å². The van der Waals surface area contributed by atoms with E-state index >= 15 is 0 Å². The van der Waals surface area contributed by atoms with E-state index in [0.717, 1.165) is 62.9 Å². The smallest absolute Gasteiger partial charge is 0.150 e. The largest absolute Gasteiger partial charge is 0.395 e. The first-order valence-corrected chi connectivity index (χ1v) is 7.08. The summed E-state index contributed by atoms with van der Waals surface area (Å²) >= 11 is 0. The average Bonchev–Trinajstić information content (AvgIpc) is 2.57. The molecule has 1 fully saturated rings. The summed E-state index contributed by atoms with van der Waals surface area (Å²) in [4.78, 5) is 4.63. The maximum Gasteiger partial charge on any atom is 0.150 e. The molecule has 19 heavy (non-hydrogen) atoms. The maximum absolute atomic E-state index is 9.03. The molecule has 0 saturated carbocycles. The number of rotatable bonds is 4. The first-order valence-electron chi connectivity index (χ1n) is 7.08. The lowest BCUT2D eigenvalue weighted by molar-refractivity contribution is 0.204. The van der Waals surface area contributed by atoms with Crippen molar-refractivity contribution >= 4 is 11.5 Å². The molecule has 0 atom stereocenters. The summed E-state index contributed by atoms with van der Waals surface area (Å²) in [5.41, 5.74) is 7.89. The number of hydrogen-bond acceptors (Lipinski definition) is 5. The van der Waals surface area contributed by atoms with Gasteiger partial charge in [-0.3, -0.25) is 4.90 Å². The number of β-amino-alcohol motifs (C(OH)–C–C–N with tert-alkyl or cyclic N) is 1. The van der Waals surface area contributed by atoms with Gasteiger partial charge in [0.25, 0.3) is 0 Å². The van der Waals surface area contributed by atoms with Gasteiger partial charge in [0, 0.05) is 32.7 Å². The molecule has 1 aliphatic heterocycles. The minimum Gasteiger partial charge on any atom is -0.395 e. The SMILES string of the molecule is CCn1nc(C)c(N)c1N1CCCN(CCO)CC1. The van der Waals surface area contributed by atoms with Crippen LogP contribution in [0.2, 0.25) is 0 Å². The highest BCUT2D eigenvalue weighted by molar-refractivity contribution is 5.66. The molecule has 1 saturated heterocycles. The molecular weight excluding hydrogens is 242 g/mol. The third-order valence-corrected chi connectivity index (χ3v) is 3.75. The highest BCUT2D eigenvalue weighted by Gasteiger charge is 2.21. The van der Waals surface area contributed by atoms with Crippen LogP contribution in [-0.4, -0.2) is 59.1 Å². The minimum absolute atomic E-state index is 0.230. The Morgan fingerprint density at radius 2 is 2.05 bits per heavy atom. The highest BCUT2D eigenvalue weighted by Crippen LogP contribution is 2.27. The molecule has 3 N–H and O–H groups in total. The molecule has 1 aromatic rings. The zero-order valence-electron chi connectivity index (χ0n) is 12.0. The van der Waals surface area contributed by atoms with Gasteiger partial charge in [0.15, 0.2) is 5.82 Å². The fourth-order valence-electron chi connectivity index (χ4n) is 2.68. The molecule has 0 amide bonds. The second-order valence-electron chi connectivity index (χ2n) is 5.04. The van der Waals surface area contributed by atoms with Crippen molar-refractivity contribution in [3.63, 3.8) is 0 Å². The molecular formula is C13H25N5O. The van der Waals surface area contributed by atoms with Crippen molar-refractivity contribution in [1.29, 1.82) is 0 Å². The van der Waals surface area contributed by atoms with Gasteiger partial charge in [0.2, 0.25) is 0 Å². The molecule has 1 aromatic heterocycles. The third-order valence-electron chi connectivity index (χ3n) is 3.75. The molecule has 108 valence electrons. The Kier molecular flexibility index (Phi) is 4.66. The van der Waals surface area contributed by atoms with Crippen LogP contribution < -0.4 is 10.6 Å².